The van der Waals surface area contributed by atoms with Crippen molar-refractivity contribution in [2.24, 2.45) is 0 Å². The van der Waals surface area contributed by atoms with Gasteiger partial charge in [-0.3, -0.25) is 9.78 Å². The van der Waals surface area contributed by atoms with E-state index in [0.29, 0.717) is 31.3 Å². The second-order valence-corrected chi connectivity index (χ2v) is 8.48. The number of aliphatic hydroxyl groups excluding tert-OH is 1. The highest BCUT2D eigenvalue weighted by Crippen LogP contribution is 2.47. The molecule has 0 radical (unpaired) electrons. The van der Waals surface area contributed by atoms with Crippen LogP contribution >= 0.6 is 0 Å². The van der Waals surface area contributed by atoms with Gasteiger partial charge in [0.1, 0.15) is 0 Å². The number of aromatic nitrogens is 3. The lowest BCUT2D eigenvalue weighted by Crippen LogP contribution is -2.49. The number of pyridine rings is 1. The van der Waals surface area contributed by atoms with Crippen LogP contribution in [0.2, 0.25) is 0 Å². The fraction of sp³-hybridized carbons (Fsp3) is 0.333. The van der Waals surface area contributed by atoms with Crippen LogP contribution in [0.5, 0.6) is 0 Å². The molecule has 1 amide bonds. The molecular formula is C24H25N5O3. The number of amides is 1. The van der Waals surface area contributed by atoms with Crippen molar-refractivity contribution in [1.29, 1.82) is 0 Å². The van der Waals surface area contributed by atoms with Crippen molar-refractivity contribution in [2.45, 2.75) is 12.3 Å². The predicted octanol–water partition coefficient (Wildman–Crippen LogP) is 2.33. The maximum atomic E-state index is 12.8. The van der Waals surface area contributed by atoms with Gasteiger partial charge in [0.25, 0.3) is 5.91 Å². The number of benzene rings is 1. The quantitative estimate of drug-likeness (QED) is 0.663. The van der Waals surface area contributed by atoms with Crippen molar-refractivity contribution in [3.63, 3.8) is 0 Å². The Morgan fingerprint density at radius 3 is 2.66 bits per heavy atom. The number of likely N-dealkylation sites (N-methyl/N-ethyl adjacent to an activating group) is 1. The number of carbonyl (C=O) groups is 1. The normalized spacial score (nSPS) is 16.0. The van der Waals surface area contributed by atoms with E-state index in [1.54, 1.807) is 19.4 Å². The minimum absolute atomic E-state index is 0.0737. The third-order valence-corrected chi connectivity index (χ3v) is 6.17. The van der Waals surface area contributed by atoms with Crippen molar-refractivity contribution in [1.82, 2.24) is 19.9 Å². The number of nitrogens with zero attached hydrogens (tertiary/aromatic N) is 5. The second kappa shape index (κ2) is 7.96. The Kier molecular flexibility index (Phi) is 5.11. The SMILES string of the molecule is Cc1cccc(-c2cnc(N3CC4(COC4)c4ccc(C(=O)N(C)CCO)cc43)nc2)n1. The predicted molar refractivity (Wildman–Crippen MR) is 120 cm³/mol. The first-order chi connectivity index (χ1) is 15.5. The van der Waals surface area contributed by atoms with E-state index in [0.717, 1.165) is 28.2 Å². The maximum absolute atomic E-state index is 12.8. The van der Waals surface area contributed by atoms with Gasteiger partial charge in [0.2, 0.25) is 5.95 Å². The number of fused-ring (bicyclic) bond motifs is 2. The summed E-state index contributed by atoms with van der Waals surface area (Å²) in [6, 6.07) is 11.6. The smallest absolute Gasteiger partial charge is 0.253 e. The molecule has 0 atom stereocenters. The Morgan fingerprint density at radius 2 is 2.00 bits per heavy atom. The Hall–Kier alpha value is -3.36. The number of aryl methyl sites for hydroxylation is 1. The largest absolute Gasteiger partial charge is 0.395 e. The lowest BCUT2D eigenvalue weighted by molar-refractivity contribution is -0.0507. The number of aliphatic hydroxyl groups is 1. The molecule has 4 heterocycles. The molecule has 1 N–H and O–H groups in total. The van der Waals surface area contributed by atoms with Gasteiger partial charge in [-0.1, -0.05) is 12.1 Å². The van der Waals surface area contributed by atoms with Crippen molar-refractivity contribution < 1.29 is 14.6 Å². The van der Waals surface area contributed by atoms with Gasteiger partial charge in [0, 0.05) is 55.0 Å². The van der Waals surface area contributed by atoms with Crippen molar-refractivity contribution in [2.75, 3.05) is 44.9 Å². The second-order valence-electron chi connectivity index (χ2n) is 8.48. The Balaban J connectivity index is 1.49. The van der Waals surface area contributed by atoms with E-state index in [1.165, 1.54) is 4.90 Å². The van der Waals surface area contributed by atoms with Crippen LogP contribution in [0.4, 0.5) is 11.6 Å². The summed E-state index contributed by atoms with van der Waals surface area (Å²) in [4.78, 5) is 30.2. The van der Waals surface area contributed by atoms with Gasteiger partial charge in [-0.15, -0.1) is 0 Å². The van der Waals surface area contributed by atoms with Crippen LogP contribution < -0.4 is 4.90 Å². The number of hydrogen-bond acceptors (Lipinski definition) is 7. The first-order valence-corrected chi connectivity index (χ1v) is 10.6. The van der Waals surface area contributed by atoms with Gasteiger partial charge in [-0.25, -0.2) is 9.97 Å². The zero-order valence-electron chi connectivity index (χ0n) is 18.2. The molecule has 32 heavy (non-hydrogen) atoms. The standard InChI is InChI=1S/C24H25N5O3/c1-16-4-3-5-20(27-16)18-11-25-23(26-12-18)29-13-24(14-32-15-24)19-7-6-17(10-21(19)29)22(31)28(2)8-9-30/h3-7,10-12,30H,8-9,13-15H2,1-2H3. The molecule has 1 spiro atoms. The molecule has 8 heteroatoms. The van der Waals surface area contributed by atoms with Crippen LogP contribution in [-0.2, 0) is 10.2 Å². The summed E-state index contributed by atoms with van der Waals surface area (Å²) < 4.78 is 5.56. The summed E-state index contributed by atoms with van der Waals surface area (Å²) in [5.74, 6) is 0.453. The Labute approximate surface area is 186 Å². The summed E-state index contributed by atoms with van der Waals surface area (Å²) >= 11 is 0. The summed E-state index contributed by atoms with van der Waals surface area (Å²) in [5.41, 5.74) is 5.18. The van der Waals surface area contributed by atoms with Gasteiger partial charge in [-0.05, 0) is 36.8 Å². The van der Waals surface area contributed by atoms with Crippen LogP contribution in [0, 0.1) is 6.92 Å². The molecule has 8 nitrogen and oxygen atoms in total. The van der Waals surface area contributed by atoms with E-state index >= 15 is 0 Å². The zero-order chi connectivity index (χ0) is 22.3. The third-order valence-electron chi connectivity index (χ3n) is 6.17. The van der Waals surface area contributed by atoms with Gasteiger partial charge < -0.3 is 19.6 Å². The summed E-state index contributed by atoms with van der Waals surface area (Å²) in [7, 11) is 1.69. The Morgan fingerprint density at radius 1 is 1.22 bits per heavy atom. The highest BCUT2D eigenvalue weighted by atomic mass is 16.5. The van der Waals surface area contributed by atoms with E-state index in [4.69, 9.17) is 9.84 Å². The molecule has 0 aliphatic carbocycles. The van der Waals surface area contributed by atoms with Crippen LogP contribution in [0.15, 0.2) is 48.8 Å². The highest BCUT2D eigenvalue weighted by molar-refractivity contribution is 5.96. The fourth-order valence-electron chi connectivity index (χ4n) is 4.35. The monoisotopic (exact) mass is 431 g/mol. The van der Waals surface area contributed by atoms with Crippen molar-refractivity contribution in [3.8, 4) is 11.3 Å². The van der Waals surface area contributed by atoms with Crippen LogP contribution in [0.3, 0.4) is 0 Å². The first-order valence-electron chi connectivity index (χ1n) is 10.6. The minimum atomic E-state index is -0.130. The number of anilines is 2. The van der Waals surface area contributed by atoms with E-state index < -0.39 is 0 Å². The molecule has 0 saturated carbocycles. The molecule has 0 bridgehead atoms. The average molecular weight is 431 g/mol. The molecule has 0 unspecified atom stereocenters. The average Bonchev–Trinajstić information content (AvgIpc) is 3.14. The van der Waals surface area contributed by atoms with Crippen molar-refractivity contribution in [3.05, 3.63) is 65.6 Å². The van der Waals surface area contributed by atoms with Crippen LogP contribution in [0.1, 0.15) is 21.6 Å². The van der Waals surface area contributed by atoms with Crippen LogP contribution in [0.25, 0.3) is 11.3 Å². The molecule has 164 valence electrons. The van der Waals surface area contributed by atoms with Gasteiger partial charge in [0.15, 0.2) is 0 Å². The molecule has 5 rings (SSSR count). The zero-order valence-corrected chi connectivity index (χ0v) is 18.2. The number of rotatable bonds is 5. The molecule has 2 aromatic heterocycles. The lowest BCUT2D eigenvalue weighted by Gasteiger charge is -2.38. The highest BCUT2D eigenvalue weighted by Gasteiger charge is 2.49. The van der Waals surface area contributed by atoms with Crippen LogP contribution in [-0.4, -0.2) is 70.8 Å². The number of ether oxygens (including phenoxy) is 1. The van der Waals surface area contributed by atoms with E-state index in [9.17, 15) is 4.79 Å². The summed E-state index contributed by atoms with van der Waals surface area (Å²) in [6.07, 6.45) is 3.58. The van der Waals surface area contributed by atoms with E-state index in [-0.39, 0.29) is 24.5 Å². The first kappa shape index (κ1) is 20.5. The minimum Gasteiger partial charge on any atom is -0.395 e. The lowest BCUT2D eigenvalue weighted by atomic mass is 9.80. The van der Waals surface area contributed by atoms with E-state index in [2.05, 4.69) is 19.9 Å². The molecule has 2 aliphatic rings. The molecule has 2 aliphatic heterocycles. The maximum Gasteiger partial charge on any atom is 0.253 e. The molecule has 1 aromatic carbocycles. The topological polar surface area (TPSA) is 91.7 Å². The number of carbonyl (C=O) groups excluding carboxylic acids is 1. The third kappa shape index (κ3) is 3.41. The van der Waals surface area contributed by atoms with Gasteiger partial charge in [-0.2, -0.15) is 0 Å². The Bertz CT molecular complexity index is 1160. The summed E-state index contributed by atoms with van der Waals surface area (Å²) in [6.45, 7) is 4.15. The molecule has 1 saturated heterocycles. The molecule has 3 aromatic rings. The fourth-order valence-corrected chi connectivity index (χ4v) is 4.35. The number of hydrogen-bond donors (Lipinski definition) is 1. The molecular weight excluding hydrogens is 406 g/mol. The van der Waals surface area contributed by atoms with Gasteiger partial charge in [0.05, 0.1) is 30.9 Å². The van der Waals surface area contributed by atoms with E-state index in [1.807, 2.05) is 43.3 Å². The summed E-state index contributed by atoms with van der Waals surface area (Å²) in [5, 5.41) is 9.17. The molecule has 1 fully saturated rings. The van der Waals surface area contributed by atoms with Gasteiger partial charge >= 0.3 is 0 Å². The van der Waals surface area contributed by atoms with Crippen molar-refractivity contribution >= 4 is 17.5 Å².